The third kappa shape index (κ3) is 12.3. The molecule has 1 aromatic heterocycles. The quantitative estimate of drug-likeness (QED) is 0.0374. The van der Waals surface area contributed by atoms with E-state index in [0.29, 0.717) is 49.0 Å². The average molecular weight is 1100 g/mol. The Balaban J connectivity index is 0.889. The van der Waals surface area contributed by atoms with Crippen LogP contribution < -0.4 is 16.0 Å². The number of piperazine rings is 1. The number of piperidine rings is 2. The number of nitrogens with one attached hydrogen (secondary N) is 3. The summed E-state index contributed by atoms with van der Waals surface area (Å²) in [5, 5.41) is 7.84. The van der Waals surface area contributed by atoms with Gasteiger partial charge in [-0.25, -0.2) is 0 Å². The lowest BCUT2D eigenvalue weighted by Gasteiger charge is -2.45. The first kappa shape index (κ1) is 56.0. The molecule has 0 bridgehead atoms. The summed E-state index contributed by atoms with van der Waals surface area (Å²) in [5.74, 6) is 0.767. The van der Waals surface area contributed by atoms with E-state index < -0.39 is 102 Å². The molecule has 0 aliphatic carbocycles. The van der Waals surface area contributed by atoms with Crippen LogP contribution in [0.1, 0.15) is 125 Å². The van der Waals surface area contributed by atoms with Crippen molar-refractivity contribution >= 4 is 82.2 Å². The molecule has 19 nitrogen and oxygen atoms in total. The van der Waals surface area contributed by atoms with E-state index >= 15 is 0 Å². The molecular weight excluding hydrogens is 1040 g/mol. The number of carbonyl (C=O) groups is 9. The number of imide groups is 2. The molecule has 0 saturated carbocycles. The van der Waals surface area contributed by atoms with Crippen molar-refractivity contribution in [2.24, 2.45) is 5.41 Å². The SMILES string of the molecule is CC(C)(C)[C@H](NC(=O)c1cc2cc(C(F)(F)P(=O)(O)O)ccc2s1)C(=O)N1CCN(C(=O)CC(=O)NCCCCC#Cc2ccc3c(c2)C(=O)N(C2CCC(=O)NC2=O)C3=O)C[C@H]1C(=O)N1CCC[C@H](c2ccccc2)C1. The maximum atomic E-state index is 14.9. The third-order valence-electron chi connectivity index (χ3n) is 14.2. The molecule has 5 N–H and O–H groups in total. The van der Waals surface area contributed by atoms with Crippen molar-refractivity contribution in [3.05, 3.63) is 105 Å². The summed E-state index contributed by atoms with van der Waals surface area (Å²) in [5.41, 5.74) is -4.56. The molecule has 77 heavy (non-hydrogen) atoms. The van der Waals surface area contributed by atoms with Crippen LogP contribution in [0.4, 0.5) is 8.78 Å². The molecule has 0 spiro atoms. The Labute approximate surface area is 446 Å². The molecule has 8 rings (SSSR count). The largest absolute Gasteiger partial charge is 0.399 e. The number of alkyl halides is 2. The van der Waals surface area contributed by atoms with Gasteiger partial charge in [0.1, 0.15) is 24.5 Å². The van der Waals surface area contributed by atoms with Crippen molar-refractivity contribution in [2.45, 2.75) is 102 Å². The van der Waals surface area contributed by atoms with Gasteiger partial charge in [0, 0.05) is 67.3 Å². The topological polar surface area (TPSA) is 260 Å². The van der Waals surface area contributed by atoms with Crippen LogP contribution in [0.2, 0.25) is 0 Å². The minimum atomic E-state index is -5.87. The van der Waals surface area contributed by atoms with Gasteiger partial charge in [-0.1, -0.05) is 69.0 Å². The van der Waals surface area contributed by atoms with Gasteiger partial charge in [0.25, 0.3) is 17.7 Å². The monoisotopic (exact) mass is 1100 g/mol. The van der Waals surface area contributed by atoms with E-state index in [4.69, 9.17) is 0 Å². The van der Waals surface area contributed by atoms with Crippen molar-refractivity contribution in [1.29, 1.82) is 0 Å². The minimum Gasteiger partial charge on any atom is -0.356 e. The molecule has 5 heterocycles. The second kappa shape index (κ2) is 22.8. The summed E-state index contributed by atoms with van der Waals surface area (Å²) in [6.07, 6.45) is 2.54. The Morgan fingerprint density at radius 2 is 1.61 bits per heavy atom. The molecule has 1 unspecified atom stereocenters. The minimum absolute atomic E-state index is 0.00694. The first-order chi connectivity index (χ1) is 36.4. The van der Waals surface area contributed by atoms with E-state index in [2.05, 4.69) is 27.8 Å². The fourth-order valence-corrected chi connectivity index (χ4v) is 11.4. The first-order valence-electron chi connectivity index (χ1n) is 25.2. The van der Waals surface area contributed by atoms with Gasteiger partial charge >= 0.3 is 13.3 Å². The Morgan fingerprint density at radius 1 is 0.870 bits per heavy atom. The van der Waals surface area contributed by atoms with Crippen molar-refractivity contribution in [2.75, 3.05) is 39.3 Å². The van der Waals surface area contributed by atoms with Crippen LogP contribution in [0.25, 0.3) is 10.1 Å². The summed E-state index contributed by atoms with van der Waals surface area (Å²) >= 11 is 0.927. The molecule has 9 amide bonds. The average Bonchev–Trinajstić information content (AvgIpc) is 3.95. The third-order valence-corrected chi connectivity index (χ3v) is 16.3. The second-order valence-electron chi connectivity index (χ2n) is 20.6. The van der Waals surface area contributed by atoms with Gasteiger partial charge in [-0.2, -0.15) is 8.78 Å². The van der Waals surface area contributed by atoms with Crippen LogP contribution in [0.5, 0.6) is 0 Å². The number of nitrogens with zero attached hydrogens (tertiary/aromatic N) is 4. The summed E-state index contributed by atoms with van der Waals surface area (Å²) in [6, 6.07) is 15.1. The van der Waals surface area contributed by atoms with E-state index in [1.165, 1.54) is 34.1 Å². The van der Waals surface area contributed by atoms with Gasteiger partial charge in [0.2, 0.25) is 35.4 Å². The highest BCUT2D eigenvalue weighted by Gasteiger charge is 2.51. The molecule has 3 saturated heterocycles. The maximum Gasteiger partial charge on any atom is 0.399 e. The zero-order valence-corrected chi connectivity index (χ0v) is 44.2. The number of carbonyl (C=O) groups excluding carboxylic acids is 9. The number of halogens is 2. The van der Waals surface area contributed by atoms with Crippen LogP contribution in [0, 0.1) is 17.3 Å². The van der Waals surface area contributed by atoms with Gasteiger partial charge in [0.05, 0.1) is 22.5 Å². The van der Waals surface area contributed by atoms with E-state index in [1.54, 1.807) is 31.7 Å². The van der Waals surface area contributed by atoms with Gasteiger partial charge in [-0.05, 0) is 84.9 Å². The van der Waals surface area contributed by atoms with Gasteiger partial charge in [0.15, 0.2) is 0 Å². The number of likely N-dealkylation sites (tertiary alicyclic amines) is 1. The Bertz CT molecular complexity index is 3160. The number of hydrogen-bond donors (Lipinski definition) is 5. The van der Waals surface area contributed by atoms with Crippen molar-refractivity contribution in [3.8, 4) is 11.8 Å². The molecular formula is C54H58F2N7O12PS. The molecule has 4 aromatic rings. The van der Waals surface area contributed by atoms with Crippen LogP contribution in [-0.4, -0.2) is 140 Å². The first-order valence-corrected chi connectivity index (χ1v) is 27.7. The highest BCUT2D eigenvalue weighted by Crippen LogP contribution is 2.59. The molecule has 23 heteroatoms. The lowest BCUT2D eigenvalue weighted by molar-refractivity contribution is -0.155. The number of benzene rings is 3. The van der Waals surface area contributed by atoms with Gasteiger partial charge in [-0.15, -0.1) is 11.3 Å². The predicted molar refractivity (Wildman–Crippen MR) is 277 cm³/mol. The van der Waals surface area contributed by atoms with E-state index in [1.807, 2.05) is 30.3 Å². The van der Waals surface area contributed by atoms with Crippen LogP contribution in [0.3, 0.4) is 0 Å². The lowest BCUT2D eigenvalue weighted by Crippen LogP contribution is -2.66. The van der Waals surface area contributed by atoms with Crippen LogP contribution >= 0.6 is 18.9 Å². The molecule has 4 aliphatic rings. The lowest BCUT2D eigenvalue weighted by atomic mass is 9.85. The van der Waals surface area contributed by atoms with E-state index in [9.17, 15) is 66.3 Å². The molecule has 0 radical (unpaired) electrons. The summed E-state index contributed by atoms with van der Waals surface area (Å²) in [7, 11) is -5.87. The highest BCUT2D eigenvalue weighted by atomic mass is 32.1. The normalized spacial score (nSPS) is 19.5. The summed E-state index contributed by atoms with van der Waals surface area (Å²) in [6.45, 7) is 5.81. The fourth-order valence-electron chi connectivity index (χ4n) is 9.99. The number of hydrogen-bond acceptors (Lipinski definition) is 11. The standard InChI is InChI=1S/C54H58F2N7O12PS/c1-53(2,3)46(59-48(68)42-28-35-27-36(17-20-41(35)77-42)54(55,56)76(73,74)75)52(72)62-25-24-60(31-40(62)51(71)61-23-11-15-34(30-61)33-13-8-6-9-14-33)45(66)29-44(65)57-22-10-5-4-7-12-32-16-18-37-38(26-32)50(70)63(49(37)69)39-19-21-43(64)58-47(39)67/h6,8-9,13-14,16-18,20,26-28,34,39-40,46H,4-5,10-11,15,19,21-25,29-31H2,1-3H3,(H,57,65)(H,59,68)(H,58,64,67)(H2,73,74,75)/t34-,39?,40-,46+/m0/s1. The number of fused-ring (bicyclic) bond motifs is 2. The van der Waals surface area contributed by atoms with E-state index in [-0.39, 0.29) is 66.3 Å². The van der Waals surface area contributed by atoms with Crippen LogP contribution in [-0.2, 0) is 39.0 Å². The Kier molecular flexibility index (Phi) is 16.6. The Morgan fingerprint density at radius 3 is 2.32 bits per heavy atom. The number of amides is 9. The Hall–Kier alpha value is -7.18. The van der Waals surface area contributed by atoms with Gasteiger partial charge < -0.3 is 35.1 Å². The van der Waals surface area contributed by atoms with Crippen LogP contribution in [0.15, 0.2) is 72.8 Å². The second-order valence-corrected chi connectivity index (χ2v) is 23.4. The number of rotatable bonds is 14. The van der Waals surface area contributed by atoms with E-state index in [0.717, 1.165) is 40.4 Å². The highest BCUT2D eigenvalue weighted by molar-refractivity contribution is 7.52. The molecule has 4 aliphatic heterocycles. The van der Waals surface area contributed by atoms with Crippen molar-refractivity contribution in [1.82, 2.24) is 35.6 Å². The molecule has 406 valence electrons. The summed E-state index contributed by atoms with van der Waals surface area (Å²) < 4.78 is 41.1. The molecule has 3 fully saturated rings. The summed E-state index contributed by atoms with van der Waals surface area (Å²) in [4.78, 5) is 145. The smallest absolute Gasteiger partial charge is 0.356 e. The number of thiophene rings is 1. The van der Waals surface area contributed by atoms with Crippen molar-refractivity contribution in [3.63, 3.8) is 0 Å². The molecule has 3 aromatic carbocycles. The predicted octanol–water partition coefficient (Wildman–Crippen LogP) is 4.85. The van der Waals surface area contributed by atoms with Gasteiger partial charge in [-0.3, -0.25) is 57.9 Å². The maximum absolute atomic E-state index is 14.9. The number of unbranched alkanes of at least 4 members (excludes halogenated alkanes) is 2. The fraction of sp³-hybridized carbons (Fsp3) is 0.426. The zero-order valence-electron chi connectivity index (χ0n) is 42.5. The van der Waals surface area contributed by atoms with Crippen molar-refractivity contribution < 1.29 is 66.3 Å². The molecule has 4 atom stereocenters. The zero-order chi connectivity index (χ0) is 55.6.